The number of rotatable bonds is 2. The van der Waals surface area contributed by atoms with Crippen molar-refractivity contribution in [2.24, 2.45) is 5.41 Å². The number of piperidine rings is 1. The average molecular weight is 305 g/mol. The van der Waals surface area contributed by atoms with Crippen molar-refractivity contribution in [2.75, 3.05) is 19.6 Å². The summed E-state index contributed by atoms with van der Waals surface area (Å²) in [5, 5.41) is 11.8. The van der Waals surface area contributed by atoms with Crippen molar-refractivity contribution in [2.45, 2.75) is 58.9 Å². The quantitative estimate of drug-likeness (QED) is 0.910. The molecule has 0 bridgehead atoms. The van der Waals surface area contributed by atoms with Crippen molar-refractivity contribution < 1.29 is 4.79 Å². The minimum absolute atomic E-state index is 0.0563. The zero-order valence-corrected chi connectivity index (χ0v) is 13.9. The molecule has 0 saturated carbocycles. The topological polar surface area (TPSA) is 63.1 Å². The van der Waals surface area contributed by atoms with Crippen LogP contribution in [0, 0.1) is 5.41 Å². The third kappa shape index (κ3) is 3.25. The minimum Gasteiger partial charge on any atom is -0.337 e. The molecule has 0 aromatic carbocycles. The Labute approximate surface area is 132 Å². The molecular formula is C16H27N5O. The number of hydrogen-bond acceptors (Lipinski definition) is 3. The maximum Gasteiger partial charge on any atom is 0.317 e. The van der Waals surface area contributed by atoms with Gasteiger partial charge in [-0.05, 0) is 24.7 Å². The van der Waals surface area contributed by atoms with E-state index in [1.54, 1.807) is 0 Å². The van der Waals surface area contributed by atoms with Crippen LogP contribution in [0.5, 0.6) is 0 Å². The van der Waals surface area contributed by atoms with Crippen LogP contribution in [0.2, 0.25) is 0 Å². The number of hydrogen-bond donors (Lipinski definition) is 1. The number of likely N-dealkylation sites (tertiary alicyclic amines) is 1. The maximum absolute atomic E-state index is 12.4. The molecule has 0 spiro atoms. The number of amides is 2. The van der Waals surface area contributed by atoms with Crippen molar-refractivity contribution in [1.82, 2.24) is 25.0 Å². The molecule has 2 aliphatic rings. The van der Waals surface area contributed by atoms with Crippen LogP contribution >= 0.6 is 0 Å². The van der Waals surface area contributed by atoms with Gasteiger partial charge < -0.3 is 14.8 Å². The fraction of sp³-hybridized carbons (Fsp3) is 0.812. The van der Waals surface area contributed by atoms with Crippen LogP contribution in [0.25, 0.3) is 0 Å². The van der Waals surface area contributed by atoms with E-state index in [1.807, 2.05) is 4.90 Å². The molecule has 6 nitrogen and oxygen atoms in total. The van der Waals surface area contributed by atoms with Crippen LogP contribution in [0.15, 0.2) is 0 Å². The van der Waals surface area contributed by atoms with Gasteiger partial charge in [-0.3, -0.25) is 0 Å². The van der Waals surface area contributed by atoms with Gasteiger partial charge in [-0.25, -0.2) is 4.79 Å². The second-order valence-electron chi connectivity index (χ2n) is 7.73. The van der Waals surface area contributed by atoms with E-state index >= 15 is 0 Å². The molecule has 1 saturated heterocycles. The summed E-state index contributed by atoms with van der Waals surface area (Å²) < 4.78 is 2.27. The molecule has 1 atom stereocenters. The zero-order valence-electron chi connectivity index (χ0n) is 13.9. The Bertz CT molecular complexity index is 545. The minimum atomic E-state index is 0.0563. The van der Waals surface area contributed by atoms with Crippen molar-refractivity contribution in [3.8, 4) is 0 Å². The smallest absolute Gasteiger partial charge is 0.317 e. The Morgan fingerprint density at radius 2 is 2.09 bits per heavy atom. The summed E-state index contributed by atoms with van der Waals surface area (Å²) in [7, 11) is 0. The van der Waals surface area contributed by atoms with Gasteiger partial charge >= 0.3 is 6.03 Å². The van der Waals surface area contributed by atoms with Gasteiger partial charge in [0, 0.05) is 38.5 Å². The first-order chi connectivity index (χ1) is 10.4. The lowest BCUT2D eigenvalue weighted by Crippen LogP contribution is -2.47. The van der Waals surface area contributed by atoms with E-state index in [9.17, 15) is 4.79 Å². The number of carbonyl (C=O) groups excluding carboxylic acids is 1. The predicted octanol–water partition coefficient (Wildman–Crippen LogP) is 2.16. The van der Waals surface area contributed by atoms with Gasteiger partial charge in [0.25, 0.3) is 0 Å². The molecule has 1 unspecified atom stereocenters. The average Bonchev–Trinajstić information content (AvgIpc) is 3.06. The van der Waals surface area contributed by atoms with E-state index in [0.717, 1.165) is 50.5 Å². The lowest BCUT2D eigenvalue weighted by Gasteiger charge is -2.33. The van der Waals surface area contributed by atoms with E-state index in [0.29, 0.717) is 12.5 Å². The van der Waals surface area contributed by atoms with E-state index < -0.39 is 0 Å². The second-order valence-corrected chi connectivity index (χ2v) is 7.73. The van der Waals surface area contributed by atoms with Crippen molar-refractivity contribution in [3.05, 3.63) is 11.6 Å². The van der Waals surface area contributed by atoms with Crippen LogP contribution < -0.4 is 5.32 Å². The van der Waals surface area contributed by atoms with Gasteiger partial charge in [-0.1, -0.05) is 20.8 Å². The van der Waals surface area contributed by atoms with E-state index in [4.69, 9.17) is 0 Å². The van der Waals surface area contributed by atoms with Crippen LogP contribution in [0.3, 0.4) is 0 Å². The number of fused-ring (bicyclic) bond motifs is 1. The first kappa shape index (κ1) is 15.3. The molecule has 2 amide bonds. The van der Waals surface area contributed by atoms with E-state index in [1.165, 1.54) is 6.42 Å². The summed E-state index contributed by atoms with van der Waals surface area (Å²) in [4.78, 5) is 14.3. The van der Waals surface area contributed by atoms with Gasteiger partial charge in [0.1, 0.15) is 11.6 Å². The molecule has 3 heterocycles. The Morgan fingerprint density at radius 1 is 1.27 bits per heavy atom. The molecule has 22 heavy (non-hydrogen) atoms. The highest BCUT2D eigenvalue weighted by Gasteiger charge is 2.30. The summed E-state index contributed by atoms with van der Waals surface area (Å²) in [6.07, 6.45) is 4.34. The van der Waals surface area contributed by atoms with Crippen molar-refractivity contribution in [1.29, 1.82) is 0 Å². The summed E-state index contributed by atoms with van der Waals surface area (Å²) >= 11 is 0. The molecule has 1 aromatic heterocycles. The summed E-state index contributed by atoms with van der Waals surface area (Å²) in [6, 6.07) is 0.0563. The second kappa shape index (κ2) is 5.89. The molecule has 0 aliphatic carbocycles. The standard InChI is InChI=1S/C16H27N5O/c1-16(2,3)11-17-15(22)20-8-4-6-12(10-20)14-19-18-13-7-5-9-21(13)14/h12H,4-11H2,1-3H3,(H,17,22). The largest absolute Gasteiger partial charge is 0.337 e. The van der Waals surface area contributed by atoms with E-state index in [2.05, 4.69) is 40.9 Å². The Balaban J connectivity index is 1.63. The maximum atomic E-state index is 12.4. The van der Waals surface area contributed by atoms with Crippen LogP contribution in [0.4, 0.5) is 4.79 Å². The van der Waals surface area contributed by atoms with Crippen LogP contribution in [-0.4, -0.2) is 45.3 Å². The number of carbonyl (C=O) groups is 1. The molecule has 1 N–H and O–H groups in total. The number of nitrogens with one attached hydrogen (secondary N) is 1. The summed E-state index contributed by atoms with van der Waals surface area (Å²) in [5.41, 5.74) is 0.110. The van der Waals surface area contributed by atoms with Gasteiger partial charge in [-0.2, -0.15) is 0 Å². The highest BCUT2D eigenvalue weighted by Crippen LogP contribution is 2.28. The molecule has 3 rings (SSSR count). The van der Waals surface area contributed by atoms with Crippen LogP contribution in [-0.2, 0) is 13.0 Å². The predicted molar refractivity (Wildman–Crippen MR) is 84.7 cm³/mol. The van der Waals surface area contributed by atoms with Crippen LogP contribution in [0.1, 0.15) is 57.6 Å². The first-order valence-electron chi connectivity index (χ1n) is 8.39. The highest BCUT2D eigenvalue weighted by molar-refractivity contribution is 5.74. The molecule has 0 radical (unpaired) electrons. The fourth-order valence-corrected chi connectivity index (χ4v) is 3.30. The monoisotopic (exact) mass is 305 g/mol. The van der Waals surface area contributed by atoms with Crippen molar-refractivity contribution >= 4 is 6.03 Å². The fourth-order valence-electron chi connectivity index (χ4n) is 3.30. The van der Waals surface area contributed by atoms with Gasteiger partial charge in [0.15, 0.2) is 0 Å². The van der Waals surface area contributed by atoms with Crippen molar-refractivity contribution in [3.63, 3.8) is 0 Å². The normalized spacial score (nSPS) is 21.8. The molecule has 1 aromatic rings. The Hall–Kier alpha value is -1.59. The lowest BCUT2D eigenvalue weighted by molar-refractivity contribution is 0.173. The molecule has 6 heteroatoms. The summed E-state index contributed by atoms with van der Waals surface area (Å²) in [5.74, 6) is 2.53. The third-order valence-corrected chi connectivity index (χ3v) is 4.48. The molecule has 122 valence electrons. The number of aromatic nitrogens is 3. The third-order valence-electron chi connectivity index (χ3n) is 4.48. The number of aryl methyl sites for hydroxylation is 1. The molecule has 2 aliphatic heterocycles. The molecule has 1 fully saturated rings. The SMILES string of the molecule is CC(C)(C)CNC(=O)N1CCCC(c2nnc3n2CCC3)C1. The Kier molecular flexibility index (Phi) is 4.10. The molecular weight excluding hydrogens is 278 g/mol. The van der Waals surface area contributed by atoms with Gasteiger partial charge in [-0.15, -0.1) is 10.2 Å². The van der Waals surface area contributed by atoms with Gasteiger partial charge in [0.2, 0.25) is 0 Å². The zero-order chi connectivity index (χ0) is 15.7. The number of urea groups is 1. The van der Waals surface area contributed by atoms with Gasteiger partial charge in [0.05, 0.1) is 0 Å². The van der Waals surface area contributed by atoms with E-state index in [-0.39, 0.29) is 11.4 Å². The Morgan fingerprint density at radius 3 is 2.86 bits per heavy atom. The first-order valence-corrected chi connectivity index (χ1v) is 8.39. The number of nitrogens with zero attached hydrogens (tertiary/aromatic N) is 4. The highest BCUT2D eigenvalue weighted by atomic mass is 16.2. The lowest BCUT2D eigenvalue weighted by atomic mass is 9.96. The summed E-state index contributed by atoms with van der Waals surface area (Å²) in [6.45, 7) is 9.72.